The van der Waals surface area contributed by atoms with Gasteiger partial charge in [-0.05, 0) is 6.92 Å². The minimum atomic E-state index is -1.37. The summed E-state index contributed by atoms with van der Waals surface area (Å²) in [6, 6.07) is -1.37. The Balaban J connectivity index is 3.35. The molecular formula is C9H12N2O4. The highest BCUT2D eigenvalue weighted by Gasteiger charge is 2.23. The van der Waals surface area contributed by atoms with E-state index in [2.05, 4.69) is 4.98 Å². The number of aliphatic carboxylic acids is 1. The maximum Gasteiger partial charge on any atom is 0.325 e. The fourth-order valence-electron chi connectivity index (χ4n) is 1.25. The van der Waals surface area contributed by atoms with Gasteiger partial charge >= 0.3 is 5.97 Å². The smallest absolute Gasteiger partial charge is 0.325 e. The van der Waals surface area contributed by atoms with Gasteiger partial charge in [0.1, 0.15) is 11.8 Å². The second-order valence-electron chi connectivity index (χ2n) is 3.11. The van der Waals surface area contributed by atoms with Crippen molar-refractivity contribution in [3.8, 4) is 5.75 Å². The zero-order valence-corrected chi connectivity index (χ0v) is 8.14. The van der Waals surface area contributed by atoms with E-state index in [0.717, 1.165) is 0 Å². The summed E-state index contributed by atoms with van der Waals surface area (Å²) in [5, 5.41) is 27.3. The van der Waals surface area contributed by atoms with Crippen LogP contribution in [0.3, 0.4) is 0 Å². The number of pyridine rings is 1. The SMILES string of the molecule is Cc1ncc(CO)c([C@H](N)C(=O)O)c1O. The molecule has 0 radical (unpaired) electrons. The summed E-state index contributed by atoms with van der Waals surface area (Å²) in [5.74, 6) is -1.55. The normalized spacial score (nSPS) is 12.5. The van der Waals surface area contributed by atoms with E-state index in [1.165, 1.54) is 13.1 Å². The van der Waals surface area contributed by atoms with Crippen LogP contribution in [-0.4, -0.2) is 26.3 Å². The predicted octanol–water partition coefficient (Wildman–Crippen LogP) is -0.328. The Morgan fingerprint density at radius 3 is 2.73 bits per heavy atom. The van der Waals surface area contributed by atoms with Crippen molar-refractivity contribution in [2.45, 2.75) is 19.6 Å². The summed E-state index contributed by atoms with van der Waals surface area (Å²) in [7, 11) is 0. The summed E-state index contributed by atoms with van der Waals surface area (Å²) >= 11 is 0. The average Bonchev–Trinajstić information content (AvgIpc) is 2.20. The maximum atomic E-state index is 10.7. The lowest BCUT2D eigenvalue weighted by molar-refractivity contribution is -0.138. The molecule has 1 aromatic rings. The molecule has 0 unspecified atom stereocenters. The number of nitrogens with zero attached hydrogens (tertiary/aromatic N) is 1. The molecular weight excluding hydrogens is 200 g/mol. The van der Waals surface area contributed by atoms with Gasteiger partial charge in [-0.2, -0.15) is 0 Å². The number of carboxylic acid groups (broad SMARTS) is 1. The van der Waals surface area contributed by atoms with Crippen molar-refractivity contribution in [2.24, 2.45) is 5.73 Å². The number of aliphatic hydroxyl groups excluding tert-OH is 1. The van der Waals surface area contributed by atoms with E-state index < -0.39 is 18.6 Å². The quantitative estimate of drug-likeness (QED) is 0.545. The first-order valence-electron chi connectivity index (χ1n) is 4.25. The van der Waals surface area contributed by atoms with Gasteiger partial charge in [-0.3, -0.25) is 9.78 Å². The number of aromatic nitrogens is 1. The number of nitrogens with two attached hydrogens (primary N) is 1. The highest BCUT2D eigenvalue weighted by Crippen LogP contribution is 2.28. The molecule has 1 heterocycles. The highest BCUT2D eigenvalue weighted by atomic mass is 16.4. The van der Waals surface area contributed by atoms with E-state index in [9.17, 15) is 9.90 Å². The lowest BCUT2D eigenvalue weighted by Crippen LogP contribution is -2.22. The molecule has 0 fully saturated rings. The summed E-state index contributed by atoms with van der Waals surface area (Å²) in [5.41, 5.74) is 5.89. The van der Waals surface area contributed by atoms with Crippen LogP contribution in [0, 0.1) is 6.92 Å². The number of hydrogen-bond acceptors (Lipinski definition) is 5. The van der Waals surface area contributed by atoms with Crippen molar-refractivity contribution in [1.82, 2.24) is 4.98 Å². The Labute approximate surface area is 86.0 Å². The van der Waals surface area contributed by atoms with Crippen LogP contribution < -0.4 is 5.73 Å². The van der Waals surface area contributed by atoms with Crippen LogP contribution in [0.1, 0.15) is 22.9 Å². The third-order valence-corrected chi connectivity index (χ3v) is 2.11. The number of hydrogen-bond donors (Lipinski definition) is 4. The van der Waals surface area contributed by atoms with Crippen molar-refractivity contribution >= 4 is 5.97 Å². The number of aromatic hydroxyl groups is 1. The Hall–Kier alpha value is -1.66. The molecule has 6 heteroatoms. The molecule has 0 aliphatic rings. The number of carbonyl (C=O) groups is 1. The molecule has 0 spiro atoms. The topological polar surface area (TPSA) is 117 Å². The molecule has 82 valence electrons. The molecule has 0 saturated carbocycles. The monoisotopic (exact) mass is 212 g/mol. The summed E-state index contributed by atoms with van der Waals surface area (Å²) in [4.78, 5) is 14.5. The van der Waals surface area contributed by atoms with Gasteiger partial charge in [-0.1, -0.05) is 0 Å². The second-order valence-corrected chi connectivity index (χ2v) is 3.11. The molecule has 15 heavy (non-hydrogen) atoms. The Morgan fingerprint density at radius 1 is 1.67 bits per heavy atom. The van der Waals surface area contributed by atoms with E-state index in [1.54, 1.807) is 0 Å². The first-order chi connectivity index (χ1) is 6.99. The largest absolute Gasteiger partial charge is 0.506 e. The minimum Gasteiger partial charge on any atom is -0.506 e. The summed E-state index contributed by atoms with van der Waals surface area (Å²) in [6.07, 6.45) is 1.30. The van der Waals surface area contributed by atoms with E-state index in [0.29, 0.717) is 0 Å². The minimum absolute atomic E-state index is 0.0116. The fraction of sp³-hybridized carbons (Fsp3) is 0.333. The van der Waals surface area contributed by atoms with Gasteiger partial charge in [0.25, 0.3) is 0 Å². The van der Waals surface area contributed by atoms with Gasteiger partial charge < -0.3 is 21.1 Å². The van der Waals surface area contributed by atoms with Gasteiger partial charge in [0.15, 0.2) is 0 Å². The van der Waals surface area contributed by atoms with Crippen LogP contribution in [0.15, 0.2) is 6.20 Å². The molecule has 1 rings (SSSR count). The molecule has 0 aromatic carbocycles. The molecule has 5 N–H and O–H groups in total. The third-order valence-electron chi connectivity index (χ3n) is 2.11. The van der Waals surface area contributed by atoms with Gasteiger partial charge in [0.05, 0.1) is 12.3 Å². The highest BCUT2D eigenvalue weighted by molar-refractivity contribution is 5.77. The standard InChI is InChI=1S/C9H12N2O4/c1-4-8(13)6(7(10)9(14)15)5(3-12)2-11-4/h2,7,12-13H,3,10H2,1H3,(H,14,15)/t7-/m0/s1. The van der Waals surface area contributed by atoms with Crippen LogP contribution in [0.4, 0.5) is 0 Å². The molecule has 1 atom stereocenters. The Bertz CT molecular complexity index is 392. The molecule has 0 saturated heterocycles. The number of carboxylic acids is 1. The predicted molar refractivity (Wildman–Crippen MR) is 51.1 cm³/mol. The Morgan fingerprint density at radius 2 is 2.27 bits per heavy atom. The Kier molecular flexibility index (Phi) is 3.23. The van der Waals surface area contributed by atoms with Crippen LogP contribution >= 0.6 is 0 Å². The molecule has 6 nitrogen and oxygen atoms in total. The maximum absolute atomic E-state index is 10.7. The lowest BCUT2D eigenvalue weighted by Gasteiger charge is -2.14. The molecule has 0 aliphatic carbocycles. The van der Waals surface area contributed by atoms with Gasteiger partial charge in [-0.15, -0.1) is 0 Å². The molecule has 0 amide bonds. The van der Waals surface area contributed by atoms with E-state index in [1.807, 2.05) is 0 Å². The third kappa shape index (κ3) is 2.05. The zero-order valence-electron chi connectivity index (χ0n) is 8.14. The number of aryl methyl sites for hydroxylation is 1. The number of rotatable bonds is 3. The van der Waals surface area contributed by atoms with Crippen LogP contribution in [0.5, 0.6) is 5.75 Å². The zero-order chi connectivity index (χ0) is 11.6. The average molecular weight is 212 g/mol. The second kappa shape index (κ2) is 4.24. The molecule has 0 aliphatic heterocycles. The summed E-state index contributed by atoms with van der Waals surface area (Å²) in [6.45, 7) is 1.10. The first kappa shape index (κ1) is 11.4. The lowest BCUT2D eigenvalue weighted by atomic mass is 10.0. The van der Waals surface area contributed by atoms with Crippen molar-refractivity contribution in [2.75, 3.05) is 0 Å². The van der Waals surface area contributed by atoms with Crippen molar-refractivity contribution in [3.63, 3.8) is 0 Å². The van der Waals surface area contributed by atoms with E-state index >= 15 is 0 Å². The van der Waals surface area contributed by atoms with Crippen LogP contribution in [0.2, 0.25) is 0 Å². The van der Waals surface area contributed by atoms with Gasteiger partial charge in [0.2, 0.25) is 0 Å². The van der Waals surface area contributed by atoms with E-state index in [-0.39, 0.29) is 22.6 Å². The van der Waals surface area contributed by atoms with Crippen molar-refractivity contribution in [1.29, 1.82) is 0 Å². The molecule has 0 bridgehead atoms. The summed E-state index contributed by atoms with van der Waals surface area (Å²) < 4.78 is 0. The first-order valence-corrected chi connectivity index (χ1v) is 4.25. The van der Waals surface area contributed by atoms with Gasteiger partial charge in [0, 0.05) is 17.3 Å². The van der Waals surface area contributed by atoms with Crippen LogP contribution in [-0.2, 0) is 11.4 Å². The molecule has 1 aromatic heterocycles. The van der Waals surface area contributed by atoms with Gasteiger partial charge in [-0.25, -0.2) is 0 Å². The van der Waals surface area contributed by atoms with Crippen LogP contribution in [0.25, 0.3) is 0 Å². The van der Waals surface area contributed by atoms with Crippen molar-refractivity contribution in [3.05, 3.63) is 23.0 Å². The van der Waals surface area contributed by atoms with Crippen molar-refractivity contribution < 1.29 is 20.1 Å². The number of aliphatic hydroxyl groups is 1. The fourth-order valence-corrected chi connectivity index (χ4v) is 1.25. The van der Waals surface area contributed by atoms with E-state index in [4.69, 9.17) is 15.9 Å².